The van der Waals surface area contributed by atoms with E-state index < -0.39 is 23.6 Å². The molecule has 13 heteroatoms. The number of carbonyl (C=O) groups is 1. The van der Waals surface area contributed by atoms with Crippen molar-refractivity contribution in [3.8, 4) is 12.1 Å². The van der Waals surface area contributed by atoms with E-state index in [1.807, 2.05) is 23.1 Å². The van der Waals surface area contributed by atoms with Crippen LogP contribution >= 0.6 is 11.6 Å². The van der Waals surface area contributed by atoms with Crippen LogP contribution in [-0.2, 0) is 22.5 Å². The molecule has 0 N–H and O–H groups in total. The second-order valence-corrected chi connectivity index (χ2v) is 12.6. The summed E-state index contributed by atoms with van der Waals surface area (Å²) in [4.78, 5) is 30.2. The largest absolute Gasteiger partial charge is 0.462 e. The van der Waals surface area contributed by atoms with Gasteiger partial charge < -0.3 is 24.2 Å². The number of carbonyl (C=O) groups excluding carboxylic acids is 1. The third-order valence-corrected chi connectivity index (χ3v) is 9.87. The fourth-order valence-electron chi connectivity index (χ4n) is 7.23. The zero-order valence-corrected chi connectivity index (χ0v) is 26.1. The molecule has 10 nitrogen and oxygen atoms in total. The number of piperazine rings is 1. The van der Waals surface area contributed by atoms with E-state index in [4.69, 9.17) is 31.0 Å². The summed E-state index contributed by atoms with van der Waals surface area (Å²) in [6, 6.07) is 11.1. The van der Waals surface area contributed by atoms with Crippen LogP contribution in [0, 0.1) is 17.1 Å². The monoisotopic (exact) mass is 649 g/mol. The van der Waals surface area contributed by atoms with Gasteiger partial charge in [0, 0.05) is 61.9 Å². The van der Waals surface area contributed by atoms with Crippen LogP contribution < -0.4 is 14.5 Å². The molecule has 240 valence electrons. The summed E-state index contributed by atoms with van der Waals surface area (Å²) < 4.78 is 40.3. The van der Waals surface area contributed by atoms with Crippen LogP contribution in [0.15, 0.2) is 42.7 Å². The average Bonchev–Trinajstić information content (AvgIpc) is 3.69. The third-order valence-electron chi connectivity index (χ3n) is 9.50. The van der Waals surface area contributed by atoms with Gasteiger partial charge in [0.1, 0.15) is 18.2 Å². The lowest BCUT2D eigenvalue weighted by Crippen LogP contribution is -2.55. The lowest BCUT2D eigenvalue weighted by molar-refractivity contribution is -0.131. The molecule has 3 aromatic rings. The maximum atomic E-state index is 14.6. The number of aromatic nitrogens is 2. The van der Waals surface area contributed by atoms with E-state index >= 15 is 0 Å². The maximum absolute atomic E-state index is 14.6. The summed E-state index contributed by atoms with van der Waals surface area (Å²) in [7, 11) is 0. The van der Waals surface area contributed by atoms with E-state index in [-0.39, 0.29) is 24.0 Å². The minimum absolute atomic E-state index is 0.0417. The van der Waals surface area contributed by atoms with Crippen LogP contribution in [0.5, 0.6) is 6.01 Å². The van der Waals surface area contributed by atoms with Crippen molar-refractivity contribution in [2.75, 3.05) is 62.3 Å². The van der Waals surface area contributed by atoms with Crippen LogP contribution in [0.1, 0.15) is 24.1 Å². The highest BCUT2D eigenvalue weighted by Crippen LogP contribution is 2.38. The highest BCUT2D eigenvalue weighted by atomic mass is 35.5. The number of rotatable bonds is 8. The Morgan fingerprint density at radius 2 is 2.04 bits per heavy atom. The molecule has 1 amide bonds. The van der Waals surface area contributed by atoms with Crippen molar-refractivity contribution in [2.45, 2.75) is 44.0 Å². The lowest BCUT2D eigenvalue weighted by Gasteiger charge is -2.42. The summed E-state index contributed by atoms with van der Waals surface area (Å²) in [5.41, 5.74) is 2.53. The SMILES string of the molecule is C=C(F)C(=O)N1CCN(c2nc(OCCN3CC4CC3CO4)nc3c2CCN(c2cccc4ccc(F)c(Cl)c24)C3)C[C@@H]1CC#N. The van der Waals surface area contributed by atoms with Crippen LogP contribution in [0.25, 0.3) is 10.8 Å². The van der Waals surface area contributed by atoms with Crippen molar-refractivity contribution in [2.24, 2.45) is 0 Å². The molecule has 0 aliphatic carbocycles. The summed E-state index contributed by atoms with van der Waals surface area (Å²) in [5, 5.41) is 11.1. The Morgan fingerprint density at radius 1 is 1.17 bits per heavy atom. The summed E-state index contributed by atoms with van der Waals surface area (Å²) in [5.74, 6) is -1.63. The minimum atomic E-state index is -1.04. The van der Waals surface area contributed by atoms with Gasteiger partial charge in [-0.1, -0.05) is 36.4 Å². The van der Waals surface area contributed by atoms with Crippen LogP contribution in [0.4, 0.5) is 20.3 Å². The van der Waals surface area contributed by atoms with Gasteiger partial charge in [0.25, 0.3) is 5.91 Å². The first-order valence-electron chi connectivity index (χ1n) is 15.6. The number of ether oxygens (including phenoxy) is 2. The molecule has 4 aliphatic rings. The summed E-state index contributed by atoms with van der Waals surface area (Å²) in [6.07, 6.45) is 1.97. The van der Waals surface area contributed by atoms with E-state index in [1.165, 1.54) is 11.0 Å². The number of halogens is 3. The second kappa shape index (κ2) is 12.6. The number of nitrogens with zero attached hydrogens (tertiary/aromatic N) is 7. The topological polar surface area (TPSA) is 98.1 Å². The molecule has 2 bridgehead atoms. The average molecular weight is 650 g/mol. The smallest absolute Gasteiger partial charge is 0.318 e. The van der Waals surface area contributed by atoms with Crippen molar-refractivity contribution in [1.29, 1.82) is 5.26 Å². The Kier molecular flexibility index (Phi) is 8.40. The molecule has 7 rings (SSSR count). The number of benzene rings is 2. The van der Waals surface area contributed by atoms with Gasteiger partial charge in [0.05, 0.1) is 48.5 Å². The van der Waals surface area contributed by atoms with Gasteiger partial charge in [-0.3, -0.25) is 9.69 Å². The van der Waals surface area contributed by atoms with Crippen LogP contribution in [0.3, 0.4) is 0 Å². The number of fused-ring (bicyclic) bond motifs is 4. The molecule has 3 atom stereocenters. The lowest BCUT2D eigenvalue weighted by atomic mass is 10.0. The Bertz CT molecular complexity index is 1740. The molecular weight excluding hydrogens is 616 g/mol. The molecule has 1 aromatic heterocycles. The van der Waals surface area contributed by atoms with Gasteiger partial charge in [-0.25, -0.2) is 8.78 Å². The highest BCUT2D eigenvalue weighted by molar-refractivity contribution is 6.36. The predicted octanol–water partition coefficient (Wildman–Crippen LogP) is 4.25. The quantitative estimate of drug-likeness (QED) is 0.332. The van der Waals surface area contributed by atoms with E-state index in [0.29, 0.717) is 62.6 Å². The molecule has 0 saturated carbocycles. The molecule has 0 spiro atoms. The Balaban J connectivity index is 1.19. The molecule has 5 heterocycles. The van der Waals surface area contributed by atoms with Crippen LogP contribution in [0.2, 0.25) is 5.02 Å². The van der Waals surface area contributed by atoms with Gasteiger partial charge in [-0.05, 0) is 30.4 Å². The van der Waals surface area contributed by atoms with E-state index in [9.17, 15) is 18.8 Å². The molecule has 3 saturated heterocycles. The standard InChI is InChI=1S/C33H34ClF2N7O3/c1-20(35)32(44)43-12-11-42(16-22(43)7-9-37)31-25-8-10-41(28-4-2-3-21-5-6-26(36)30(34)29(21)28)18-27(25)38-33(39-31)45-14-13-40-17-24-15-23(40)19-46-24/h2-6,22-24H,1,7-8,10-19H2/t22-,23?,24?/m0/s1. The van der Waals surface area contributed by atoms with Gasteiger partial charge in [0.2, 0.25) is 0 Å². The van der Waals surface area contributed by atoms with E-state index in [1.54, 1.807) is 6.07 Å². The summed E-state index contributed by atoms with van der Waals surface area (Å²) >= 11 is 6.48. The first-order valence-corrected chi connectivity index (χ1v) is 16.0. The number of nitriles is 1. The molecule has 2 aromatic carbocycles. The van der Waals surface area contributed by atoms with E-state index in [0.717, 1.165) is 48.4 Å². The van der Waals surface area contributed by atoms with Crippen molar-refractivity contribution < 1.29 is 23.0 Å². The molecule has 2 unspecified atom stereocenters. The zero-order valence-electron chi connectivity index (χ0n) is 25.3. The Morgan fingerprint density at radius 3 is 2.80 bits per heavy atom. The fraction of sp³-hybridized carbons (Fsp3) is 0.455. The third kappa shape index (κ3) is 5.72. The van der Waals surface area contributed by atoms with Crippen LogP contribution in [-0.4, -0.2) is 96.3 Å². The maximum Gasteiger partial charge on any atom is 0.318 e. The second-order valence-electron chi connectivity index (χ2n) is 12.2. The zero-order chi connectivity index (χ0) is 31.9. The van der Waals surface area contributed by atoms with Gasteiger partial charge in [-0.15, -0.1) is 0 Å². The number of hydrogen-bond donors (Lipinski definition) is 0. The number of anilines is 2. The van der Waals surface area contributed by atoms with Gasteiger partial charge >= 0.3 is 6.01 Å². The Labute approximate surface area is 270 Å². The normalized spacial score (nSPS) is 22.7. The number of amides is 1. The van der Waals surface area contributed by atoms with Gasteiger partial charge in [0.15, 0.2) is 5.83 Å². The first kappa shape index (κ1) is 30.6. The molecule has 46 heavy (non-hydrogen) atoms. The number of morpholine rings is 1. The highest BCUT2D eigenvalue weighted by Gasteiger charge is 2.39. The first-order chi connectivity index (χ1) is 22.3. The van der Waals surface area contributed by atoms with Crippen molar-refractivity contribution in [1.82, 2.24) is 19.8 Å². The van der Waals surface area contributed by atoms with E-state index in [2.05, 4.69) is 22.4 Å². The predicted molar refractivity (Wildman–Crippen MR) is 169 cm³/mol. The summed E-state index contributed by atoms with van der Waals surface area (Å²) in [6.45, 7) is 7.87. The van der Waals surface area contributed by atoms with Crippen molar-refractivity contribution in [3.05, 3.63) is 64.8 Å². The molecule has 4 aliphatic heterocycles. The Hall–Kier alpha value is -4.05. The fourth-order valence-corrected chi connectivity index (χ4v) is 7.50. The van der Waals surface area contributed by atoms with Crippen molar-refractivity contribution >= 4 is 39.8 Å². The molecular formula is C33H34ClF2N7O3. The number of likely N-dealkylation sites (tertiary alicyclic amines) is 1. The number of hydrogen-bond acceptors (Lipinski definition) is 9. The minimum Gasteiger partial charge on any atom is -0.462 e. The molecule has 3 fully saturated rings. The van der Waals surface area contributed by atoms with Crippen molar-refractivity contribution in [3.63, 3.8) is 0 Å². The molecule has 0 radical (unpaired) electrons. The van der Waals surface area contributed by atoms with Gasteiger partial charge in [-0.2, -0.15) is 15.2 Å².